The number of amides is 1. The Hall–Kier alpha value is -1.36. The van der Waals surface area contributed by atoms with Crippen LogP contribution in [0.15, 0.2) is 46.2 Å². The van der Waals surface area contributed by atoms with Crippen LogP contribution in [-0.4, -0.2) is 50.7 Å². The zero-order chi connectivity index (χ0) is 21.0. The van der Waals surface area contributed by atoms with Gasteiger partial charge in [0, 0.05) is 18.0 Å². The lowest BCUT2D eigenvalue weighted by atomic mass is 10.3. The van der Waals surface area contributed by atoms with Crippen molar-refractivity contribution < 1.29 is 22.3 Å². The van der Waals surface area contributed by atoms with Gasteiger partial charge >= 0.3 is 0 Å². The number of hydrogen-bond acceptors (Lipinski definition) is 5. The third-order valence-electron chi connectivity index (χ3n) is 4.08. The molecule has 1 heterocycles. The lowest BCUT2D eigenvalue weighted by Crippen LogP contribution is -2.40. The molecule has 156 valence electrons. The quantitative estimate of drug-likeness (QED) is 0.637. The van der Waals surface area contributed by atoms with E-state index in [9.17, 15) is 17.6 Å². The average molecular weight is 479 g/mol. The van der Waals surface area contributed by atoms with Crippen molar-refractivity contribution in [2.45, 2.75) is 9.79 Å². The number of ether oxygens (including phenoxy) is 1. The molecule has 0 atom stereocenters. The summed E-state index contributed by atoms with van der Waals surface area (Å²) in [6.07, 6.45) is 0. The van der Waals surface area contributed by atoms with E-state index in [0.717, 1.165) is 11.8 Å². The van der Waals surface area contributed by atoms with Crippen LogP contribution in [0.25, 0.3) is 0 Å². The van der Waals surface area contributed by atoms with Crippen molar-refractivity contribution in [1.29, 1.82) is 0 Å². The molecule has 1 N–H and O–H groups in total. The third-order valence-corrected chi connectivity index (χ3v) is 7.59. The molecule has 1 amide bonds. The molecule has 11 heteroatoms. The number of thioether (sulfide) groups is 1. The number of hydrogen-bond donors (Lipinski definition) is 1. The maximum atomic E-state index is 13.2. The maximum Gasteiger partial charge on any atom is 0.243 e. The van der Waals surface area contributed by atoms with Crippen molar-refractivity contribution in [3.63, 3.8) is 0 Å². The van der Waals surface area contributed by atoms with E-state index in [1.54, 1.807) is 0 Å². The summed E-state index contributed by atoms with van der Waals surface area (Å²) in [6, 6.07) is 8.33. The highest BCUT2D eigenvalue weighted by Crippen LogP contribution is 2.28. The minimum absolute atomic E-state index is 0.0126. The molecule has 0 radical (unpaired) electrons. The van der Waals surface area contributed by atoms with Crippen LogP contribution >= 0.6 is 35.0 Å². The number of rotatable bonds is 6. The highest BCUT2D eigenvalue weighted by Gasteiger charge is 2.27. The molecule has 6 nitrogen and oxygen atoms in total. The Balaban J connectivity index is 1.69. The second kappa shape index (κ2) is 9.63. The first-order valence-corrected chi connectivity index (χ1v) is 11.7. The minimum Gasteiger partial charge on any atom is -0.379 e. The summed E-state index contributed by atoms with van der Waals surface area (Å²) < 4.78 is 45.3. The molecule has 1 fully saturated rings. The summed E-state index contributed by atoms with van der Waals surface area (Å²) in [5.74, 6) is -0.914. The van der Waals surface area contributed by atoms with Crippen molar-refractivity contribution in [3.05, 3.63) is 52.3 Å². The molecule has 0 bridgehead atoms. The van der Waals surface area contributed by atoms with Crippen molar-refractivity contribution in [3.8, 4) is 0 Å². The summed E-state index contributed by atoms with van der Waals surface area (Å²) in [5, 5.41) is 2.80. The fourth-order valence-corrected chi connectivity index (χ4v) is 5.18. The van der Waals surface area contributed by atoms with E-state index >= 15 is 0 Å². The first kappa shape index (κ1) is 22.3. The zero-order valence-corrected chi connectivity index (χ0v) is 18.2. The second-order valence-corrected chi connectivity index (χ2v) is 9.87. The highest BCUT2D eigenvalue weighted by molar-refractivity contribution is 8.00. The van der Waals surface area contributed by atoms with Gasteiger partial charge in [0.25, 0.3) is 0 Å². The molecule has 0 aromatic heterocycles. The lowest BCUT2D eigenvalue weighted by molar-refractivity contribution is -0.113. The summed E-state index contributed by atoms with van der Waals surface area (Å²) in [5.41, 5.74) is 0.198. The monoisotopic (exact) mass is 478 g/mol. The summed E-state index contributed by atoms with van der Waals surface area (Å²) >= 11 is 13.0. The van der Waals surface area contributed by atoms with Crippen LogP contribution in [0, 0.1) is 5.82 Å². The van der Waals surface area contributed by atoms with Crippen LogP contribution in [0.4, 0.5) is 10.1 Å². The molecule has 3 rings (SSSR count). The van der Waals surface area contributed by atoms with Crippen LogP contribution in [0.2, 0.25) is 10.0 Å². The standard InChI is InChI=1S/C18H17Cl2FN2O4S2/c19-14-3-2-13(29(25,26)23-5-7-27-8-6-23)10-17(14)22-18(24)11-28-12-1-4-16(21)15(20)9-12/h1-4,9-10H,5-8,11H2,(H,22,24). The zero-order valence-electron chi connectivity index (χ0n) is 15.0. The van der Waals surface area contributed by atoms with E-state index in [4.69, 9.17) is 27.9 Å². The first-order valence-electron chi connectivity index (χ1n) is 8.52. The number of halogens is 3. The number of carbonyl (C=O) groups excluding carboxylic acids is 1. The van der Waals surface area contributed by atoms with Gasteiger partial charge in [-0.25, -0.2) is 12.8 Å². The molecule has 1 aliphatic rings. The molecule has 2 aromatic rings. The largest absolute Gasteiger partial charge is 0.379 e. The molecular weight excluding hydrogens is 462 g/mol. The molecule has 29 heavy (non-hydrogen) atoms. The fraction of sp³-hybridized carbons (Fsp3) is 0.278. The number of carbonyl (C=O) groups is 1. The van der Waals surface area contributed by atoms with Gasteiger partial charge in [0.05, 0.1) is 39.6 Å². The normalized spacial score (nSPS) is 15.3. The van der Waals surface area contributed by atoms with Crippen LogP contribution in [0.1, 0.15) is 0 Å². The number of sulfonamides is 1. The van der Waals surface area contributed by atoms with Crippen LogP contribution < -0.4 is 5.32 Å². The number of nitrogens with zero attached hydrogens (tertiary/aromatic N) is 1. The smallest absolute Gasteiger partial charge is 0.243 e. The van der Waals surface area contributed by atoms with Gasteiger partial charge in [-0.05, 0) is 36.4 Å². The average Bonchev–Trinajstić information content (AvgIpc) is 2.71. The van der Waals surface area contributed by atoms with E-state index in [1.165, 1.54) is 40.7 Å². The SMILES string of the molecule is O=C(CSc1ccc(F)c(Cl)c1)Nc1cc(S(=O)(=O)N2CCOCC2)ccc1Cl. The van der Waals surface area contributed by atoms with Crippen LogP contribution in [0.5, 0.6) is 0 Å². The second-order valence-electron chi connectivity index (χ2n) is 6.07. The van der Waals surface area contributed by atoms with Gasteiger partial charge in [-0.2, -0.15) is 4.31 Å². The Morgan fingerprint density at radius 3 is 2.55 bits per heavy atom. The lowest BCUT2D eigenvalue weighted by Gasteiger charge is -2.26. The predicted octanol–water partition coefficient (Wildman–Crippen LogP) is 3.88. The highest BCUT2D eigenvalue weighted by atomic mass is 35.5. The topological polar surface area (TPSA) is 75.7 Å². The third kappa shape index (κ3) is 5.62. The Morgan fingerprint density at radius 2 is 1.86 bits per heavy atom. The predicted molar refractivity (Wildman–Crippen MR) is 112 cm³/mol. The van der Waals surface area contributed by atoms with Crippen LogP contribution in [0.3, 0.4) is 0 Å². The van der Waals surface area contributed by atoms with Gasteiger partial charge < -0.3 is 10.1 Å². The fourth-order valence-electron chi connectivity index (χ4n) is 2.60. The Morgan fingerprint density at radius 1 is 1.14 bits per heavy atom. The van der Waals surface area contributed by atoms with Gasteiger partial charge in [-0.1, -0.05) is 23.2 Å². The van der Waals surface area contributed by atoms with E-state index in [1.807, 2.05) is 0 Å². The van der Waals surface area contributed by atoms with Gasteiger partial charge in [-0.15, -0.1) is 11.8 Å². The van der Waals surface area contributed by atoms with E-state index in [-0.39, 0.29) is 39.5 Å². The Kier molecular flexibility index (Phi) is 7.42. The van der Waals surface area contributed by atoms with Gasteiger partial charge in [-0.3, -0.25) is 4.79 Å². The van der Waals surface area contributed by atoms with Crippen LogP contribution in [-0.2, 0) is 19.6 Å². The molecule has 1 saturated heterocycles. The number of anilines is 1. The number of benzene rings is 2. The van der Waals surface area contributed by atoms with Crippen molar-refractivity contribution in [2.75, 3.05) is 37.4 Å². The molecule has 0 spiro atoms. The van der Waals surface area contributed by atoms with Gasteiger partial charge in [0.1, 0.15) is 5.82 Å². The number of nitrogens with one attached hydrogen (secondary N) is 1. The summed E-state index contributed by atoms with van der Waals surface area (Å²) in [6.45, 7) is 1.20. The summed E-state index contributed by atoms with van der Waals surface area (Å²) in [7, 11) is -3.71. The maximum absolute atomic E-state index is 13.2. The summed E-state index contributed by atoms with van der Waals surface area (Å²) in [4.78, 5) is 12.9. The Labute approximate surface area is 182 Å². The van der Waals surface area contributed by atoms with E-state index in [0.29, 0.717) is 18.1 Å². The Bertz CT molecular complexity index is 1010. The molecular formula is C18H17Cl2FN2O4S2. The molecule has 2 aromatic carbocycles. The van der Waals surface area contributed by atoms with Crippen molar-refractivity contribution in [2.24, 2.45) is 0 Å². The minimum atomic E-state index is -3.71. The van der Waals surface area contributed by atoms with Gasteiger partial charge in [0.2, 0.25) is 15.9 Å². The molecule has 0 aliphatic carbocycles. The first-order chi connectivity index (χ1) is 13.8. The van der Waals surface area contributed by atoms with E-state index < -0.39 is 21.7 Å². The van der Waals surface area contributed by atoms with Gasteiger partial charge in [0.15, 0.2) is 0 Å². The van der Waals surface area contributed by atoms with E-state index in [2.05, 4.69) is 5.32 Å². The van der Waals surface area contributed by atoms with Crippen molar-refractivity contribution in [1.82, 2.24) is 4.31 Å². The molecule has 1 aliphatic heterocycles. The molecule has 0 unspecified atom stereocenters. The number of morpholine rings is 1. The van der Waals surface area contributed by atoms with Crippen molar-refractivity contribution >= 4 is 56.6 Å². The molecule has 0 saturated carbocycles.